The van der Waals surface area contributed by atoms with Crippen LogP contribution in [-0.2, 0) is 10.2 Å². The second-order valence-electron chi connectivity index (χ2n) is 5.00. The topological polar surface area (TPSA) is 63.4 Å². The Bertz CT molecular complexity index is 310. The fraction of sp³-hybridized carbons (Fsp3) is 1.00. The average molecular weight is 232 g/mol. The SMILES string of the molecule is NS(=O)(=O)N1CCC2(CCCCC2)CC1. The van der Waals surface area contributed by atoms with Gasteiger partial charge in [0.2, 0.25) is 0 Å². The van der Waals surface area contributed by atoms with Crippen LogP contribution < -0.4 is 5.14 Å². The van der Waals surface area contributed by atoms with E-state index in [1.807, 2.05) is 0 Å². The monoisotopic (exact) mass is 232 g/mol. The fourth-order valence-electron chi connectivity index (χ4n) is 3.02. The molecule has 1 aliphatic carbocycles. The fourth-order valence-corrected chi connectivity index (χ4v) is 3.71. The van der Waals surface area contributed by atoms with Crippen LogP contribution in [0, 0.1) is 5.41 Å². The number of hydrogen-bond acceptors (Lipinski definition) is 2. The van der Waals surface area contributed by atoms with Crippen LogP contribution in [-0.4, -0.2) is 25.8 Å². The molecule has 5 heteroatoms. The summed E-state index contributed by atoms with van der Waals surface area (Å²) in [4.78, 5) is 0. The molecule has 2 N–H and O–H groups in total. The number of rotatable bonds is 1. The van der Waals surface area contributed by atoms with Gasteiger partial charge in [-0.1, -0.05) is 19.3 Å². The van der Waals surface area contributed by atoms with E-state index in [1.54, 1.807) is 0 Å². The molecule has 1 saturated carbocycles. The second kappa shape index (κ2) is 4.03. The lowest BCUT2D eigenvalue weighted by Crippen LogP contribution is -2.46. The van der Waals surface area contributed by atoms with Gasteiger partial charge in [-0.15, -0.1) is 0 Å². The Morgan fingerprint density at radius 3 is 1.93 bits per heavy atom. The minimum absolute atomic E-state index is 0.444. The molecule has 0 radical (unpaired) electrons. The first-order valence-electron chi connectivity index (χ1n) is 5.80. The summed E-state index contributed by atoms with van der Waals surface area (Å²) < 4.78 is 23.7. The van der Waals surface area contributed by atoms with E-state index in [2.05, 4.69) is 0 Å². The van der Waals surface area contributed by atoms with E-state index in [1.165, 1.54) is 36.4 Å². The van der Waals surface area contributed by atoms with Crippen LogP contribution in [0.4, 0.5) is 0 Å². The Morgan fingerprint density at radius 1 is 0.933 bits per heavy atom. The Hall–Kier alpha value is -0.130. The maximum Gasteiger partial charge on any atom is 0.276 e. The minimum atomic E-state index is -3.45. The van der Waals surface area contributed by atoms with Gasteiger partial charge in [0.05, 0.1) is 0 Å². The first-order valence-corrected chi connectivity index (χ1v) is 7.30. The summed E-state index contributed by atoms with van der Waals surface area (Å²) in [7, 11) is -3.45. The summed E-state index contributed by atoms with van der Waals surface area (Å²) in [5.41, 5.74) is 0.444. The third-order valence-corrected chi connectivity index (χ3v) is 5.14. The van der Waals surface area contributed by atoms with Gasteiger partial charge in [-0.05, 0) is 31.1 Å². The largest absolute Gasteiger partial charge is 0.276 e. The van der Waals surface area contributed by atoms with Crippen LogP contribution >= 0.6 is 0 Å². The smallest absolute Gasteiger partial charge is 0.216 e. The van der Waals surface area contributed by atoms with Crippen molar-refractivity contribution < 1.29 is 8.42 Å². The van der Waals surface area contributed by atoms with E-state index in [0.29, 0.717) is 18.5 Å². The lowest BCUT2D eigenvalue weighted by molar-refractivity contribution is 0.102. The molecule has 88 valence electrons. The average Bonchev–Trinajstić information content (AvgIpc) is 2.18. The molecule has 0 bridgehead atoms. The van der Waals surface area contributed by atoms with Gasteiger partial charge in [0.15, 0.2) is 0 Å². The number of nitrogens with two attached hydrogens (primary N) is 1. The molecule has 0 unspecified atom stereocenters. The molecule has 1 spiro atoms. The molecule has 0 aromatic carbocycles. The zero-order chi connectivity index (χ0) is 10.9. The minimum Gasteiger partial charge on any atom is -0.216 e. The molecule has 15 heavy (non-hydrogen) atoms. The molecule has 1 heterocycles. The van der Waals surface area contributed by atoms with Crippen molar-refractivity contribution in [3.05, 3.63) is 0 Å². The van der Waals surface area contributed by atoms with E-state index in [-0.39, 0.29) is 0 Å². The summed E-state index contributed by atoms with van der Waals surface area (Å²) in [6.45, 7) is 1.25. The van der Waals surface area contributed by atoms with Crippen LogP contribution in [0.3, 0.4) is 0 Å². The lowest BCUT2D eigenvalue weighted by atomic mass is 9.68. The Balaban J connectivity index is 1.96. The molecule has 0 amide bonds. The quantitative estimate of drug-likeness (QED) is 0.739. The number of hydrogen-bond donors (Lipinski definition) is 1. The van der Waals surface area contributed by atoms with Gasteiger partial charge in [-0.2, -0.15) is 12.7 Å². The van der Waals surface area contributed by atoms with Crippen LogP contribution in [0.15, 0.2) is 0 Å². The number of piperidine rings is 1. The third kappa shape index (κ3) is 2.52. The van der Waals surface area contributed by atoms with Crippen molar-refractivity contribution in [1.82, 2.24) is 4.31 Å². The van der Waals surface area contributed by atoms with Crippen molar-refractivity contribution >= 4 is 10.2 Å². The van der Waals surface area contributed by atoms with E-state index in [4.69, 9.17) is 5.14 Å². The van der Waals surface area contributed by atoms with Gasteiger partial charge in [0, 0.05) is 13.1 Å². The molecular weight excluding hydrogens is 212 g/mol. The molecule has 0 aromatic heterocycles. The Labute approximate surface area is 92.0 Å². The normalized spacial score (nSPS) is 28.1. The van der Waals surface area contributed by atoms with Crippen molar-refractivity contribution in [3.63, 3.8) is 0 Å². The molecule has 1 saturated heterocycles. The van der Waals surface area contributed by atoms with Gasteiger partial charge in [0.1, 0.15) is 0 Å². The molecule has 0 atom stereocenters. The summed E-state index contributed by atoms with van der Waals surface area (Å²) >= 11 is 0. The third-order valence-electron chi connectivity index (χ3n) is 4.06. The highest BCUT2D eigenvalue weighted by Gasteiger charge is 2.37. The van der Waals surface area contributed by atoms with Crippen LogP contribution in [0.2, 0.25) is 0 Å². The van der Waals surface area contributed by atoms with Gasteiger partial charge in [0.25, 0.3) is 10.2 Å². The molecule has 2 fully saturated rings. The van der Waals surface area contributed by atoms with Crippen molar-refractivity contribution in [2.75, 3.05) is 13.1 Å². The summed E-state index contributed by atoms with van der Waals surface area (Å²) in [5, 5.41) is 5.13. The highest BCUT2D eigenvalue weighted by atomic mass is 32.2. The van der Waals surface area contributed by atoms with E-state index in [0.717, 1.165) is 12.8 Å². The molecule has 1 aliphatic heterocycles. The van der Waals surface area contributed by atoms with Crippen LogP contribution in [0.25, 0.3) is 0 Å². The Kier molecular flexibility index (Phi) is 3.05. The van der Waals surface area contributed by atoms with Gasteiger partial charge >= 0.3 is 0 Å². The van der Waals surface area contributed by atoms with Crippen LogP contribution in [0.5, 0.6) is 0 Å². The van der Waals surface area contributed by atoms with Crippen LogP contribution in [0.1, 0.15) is 44.9 Å². The maximum atomic E-state index is 11.2. The predicted molar refractivity (Wildman–Crippen MR) is 59.4 cm³/mol. The number of nitrogens with zero attached hydrogens (tertiary/aromatic N) is 1. The van der Waals surface area contributed by atoms with Crippen molar-refractivity contribution in [1.29, 1.82) is 0 Å². The maximum absolute atomic E-state index is 11.2. The first kappa shape index (κ1) is 11.4. The summed E-state index contributed by atoms with van der Waals surface area (Å²) in [6, 6.07) is 0. The standard InChI is InChI=1S/C10H20N2O2S/c11-15(13,14)12-8-6-10(7-9-12)4-2-1-3-5-10/h1-9H2,(H2,11,13,14). The molecule has 0 aromatic rings. The van der Waals surface area contributed by atoms with Gasteiger partial charge in [-0.3, -0.25) is 0 Å². The van der Waals surface area contributed by atoms with E-state index < -0.39 is 10.2 Å². The molecule has 4 nitrogen and oxygen atoms in total. The van der Waals surface area contributed by atoms with Crippen molar-refractivity contribution in [2.45, 2.75) is 44.9 Å². The highest BCUT2D eigenvalue weighted by Crippen LogP contribution is 2.44. The zero-order valence-electron chi connectivity index (χ0n) is 9.11. The molecular formula is C10H20N2O2S. The summed E-state index contributed by atoms with van der Waals surface area (Å²) in [6.07, 6.45) is 8.55. The van der Waals surface area contributed by atoms with Gasteiger partial charge in [-0.25, -0.2) is 5.14 Å². The van der Waals surface area contributed by atoms with E-state index in [9.17, 15) is 8.42 Å². The van der Waals surface area contributed by atoms with Gasteiger partial charge < -0.3 is 0 Å². The second-order valence-corrected chi connectivity index (χ2v) is 6.55. The summed E-state index contributed by atoms with van der Waals surface area (Å²) in [5.74, 6) is 0. The van der Waals surface area contributed by atoms with Crippen molar-refractivity contribution in [2.24, 2.45) is 10.6 Å². The van der Waals surface area contributed by atoms with E-state index >= 15 is 0 Å². The predicted octanol–water partition coefficient (Wildman–Crippen LogP) is 1.24. The molecule has 2 rings (SSSR count). The van der Waals surface area contributed by atoms with Crippen molar-refractivity contribution in [3.8, 4) is 0 Å². The molecule has 2 aliphatic rings. The zero-order valence-corrected chi connectivity index (χ0v) is 9.93. The first-order chi connectivity index (χ1) is 7.02. The highest BCUT2D eigenvalue weighted by molar-refractivity contribution is 7.86. The Morgan fingerprint density at radius 2 is 1.47 bits per heavy atom. The lowest BCUT2D eigenvalue weighted by Gasteiger charge is -2.43.